The molecule has 1 saturated carbocycles. The zero-order chi connectivity index (χ0) is 26.7. The predicted octanol–water partition coefficient (Wildman–Crippen LogP) is 6.83. The van der Waals surface area contributed by atoms with Gasteiger partial charge in [0.2, 0.25) is 11.8 Å². The number of amides is 2. The van der Waals surface area contributed by atoms with Gasteiger partial charge in [-0.1, -0.05) is 118 Å². The summed E-state index contributed by atoms with van der Waals surface area (Å²) in [5, 5.41) is 3.32. The highest BCUT2D eigenvalue weighted by molar-refractivity contribution is 5.88. The summed E-state index contributed by atoms with van der Waals surface area (Å²) in [5.74, 6) is 0.460. The smallest absolute Gasteiger partial charge is 0.243 e. The van der Waals surface area contributed by atoms with E-state index in [1.807, 2.05) is 65.6 Å². The van der Waals surface area contributed by atoms with Gasteiger partial charge in [-0.15, -0.1) is 0 Å². The third kappa shape index (κ3) is 8.05. The molecule has 200 valence electrons. The molecule has 4 nitrogen and oxygen atoms in total. The first-order valence-electron chi connectivity index (χ1n) is 14.3. The lowest BCUT2D eigenvalue weighted by Crippen LogP contribution is -2.52. The van der Waals surface area contributed by atoms with E-state index in [0.717, 1.165) is 42.4 Å². The van der Waals surface area contributed by atoms with Gasteiger partial charge in [0.1, 0.15) is 6.04 Å². The fourth-order valence-electron chi connectivity index (χ4n) is 5.34. The first-order valence-corrected chi connectivity index (χ1v) is 14.3. The fraction of sp³-hybridized carbons (Fsp3) is 0.412. The molecule has 2 amide bonds. The molecule has 0 heterocycles. The normalized spacial score (nSPS) is 14.7. The molecule has 38 heavy (non-hydrogen) atoms. The Morgan fingerprint density at radius 2 is 1.39 bits per heavy atom. The Balaban J connectivity index is 1.57. The summed E-state index contributed by atoms with van der Waals surface area (Å²) in [6, 6.07) is 28.3. The Hall–Kier alpha value is -3.40. The zero-order valence-electron chi connectivity index (χ0n) is 22.9. The van der Waals surface area contributed by atoms with Crippen molar-refractivity contribution in [2.24, 2.45) is 0 Å². The Morgan fingerprint density at radius 1 is 0.789 bits per heavy atom. The van der Waals surface area contributed by atoms with Crippen LogP contribution in [-0.2, 0) is 29.0 Å². The van der Waals surface area contributed by atoms with Crippen molar-refractivity contribution >= 4 is 11.8 Å². The number of nitrogens with one attached hydrogen (secondary N) is 1. The summed E-state index contributed by atoms with van der Waals surface area (Å²) >= 11 is 0. The average Bonchev–Trinajstić information content (AvgIpc) is 2.95. The second kappa shape index (κ2) is 13.9. The van der Waals surface area contributed by atoms with Crippen LogP contribution in [-0.4, -0.2) is 28.8 Å². The quantitative estimate of drug-likeness (QED) is 0.307. The summed E-state index contributed by atoms with van der Waals surface area (Å²) < 4.78 is 0. The third-order valence-electron chi connectivity index (χ3n) is 7.69. The van der Waals surface area contributed by atoms with Crippen molar-refractivity contribution in [1.29, 1.82) is 0 Å². The van der Waals surface area contributed by atoms with Gasteiger partial charge in [0, 0.05) is 25.4 Å². The number of rotatable bonds is 11. The largest absolute Gasteiger partial charge is 0.352 e. The number of hydrogen-bond donors (Lipinski definition) is 1. The van der Waals surface area contributed by atoms with Crippen LogP contribution < -0.4 is 5.32 Å². The first kappa shape index (κ1) is 27.6. The third-order valence-corrected chi connectivity index (χ3v) is 7.69. The van der Waals surface area contributed by atoms with E-state index in [-0.39, 0.29) is 17.9 Å². The highest BCUT2D eigenvalue weighted by Gasteiger charge is 2.31. The molecule has 1 atom stereocenters. The Morgan fingerprint density at radius 3 is 2.00 bits per heavy atom. The maximum Gasteiger partial charge on any atom is 0.243 e. The van der Waals surface area contributed by atoms with Gasteiger partial charge in [-0.2, -0.15) is 0 Å². The molecule has 4 heteroatoms. The molecule has 1 N–H and O–H groups in total. The molecular weight excluding hydrogens is 468 g/mol. The van der Waals surface area contributed by atoms with Gasteiger partial charge in [-0.25, -0.2) is 0 Å². The molecule has 0 radical (unpaired) electrons. The Kier molecular flexibility index (Phi) is 10.1. The topological polar surface area (TPSA) is 49.4 Å². The standard InChI is InChI=1S/C34H42N2O2/c1-26(2)30-21-18-27(19-22-30)20-23-33(37)36(25-29-14-8-4-9-15-29)32(24-28-12-6-3-7-13-28)34(38)35-31-16-10-5-11-17-31/h3-4,6-9,12-15,18-19,21-22,26,31-32H,5,10-11,16-17,20,23-25H2,1-2H3,(H,35,38). The van der Waals surface area contributed by atoms with E-state index < -0.39 is 6.04 Å². The number of benzene rings is 3. The molecule has 0 saturated heterocycles. The van der Waals surface area contributed by atoms with E-state index in [1.54, 1.807) is 0 Å². The minimum absolute atomic E-state index is 0.0153. The minimum atomic E-state index is -0.560. The van der Waals surface area contributed by atoms with E-state index in [1.165, 1.54) is 12.0 Å². The van der Waals surface area contributed by atoms with Gasteiger partial charge in [0.15, 0.2) is 0 Å². The van der Waals surface area contributed by atoms with E-state index in [2.05, 4.69) is 43.4 Å². The van der Waals surface area contributed by atoms with Gasteiger partial charge in [0.25, 0.3) is 0 Å². The molecule has 0 bridgehead atoms. The zero-order valence-corrected chi connectivity index (χ0v) is 22.9. The van der Waals surface area contributed by atoms with Crippen LogP contribution in [0.2, 0.25) is 0 Å². The Bertz CT molecular complexity index is 1140. The molecular formula is C34H42N2O2. The van der Waals surface area contributed by atoms with Gasteiger partial charge < -0.3 is 10.2 Å². The second-order valence-corrected chi connectivity index (χ2v) is 11.0. The summed E-state index contributed by atoms with van der Waals surface area (Å²) in [7, 11) is 0. The maximum atomic E-state index is 13.9. The van der Waals surface area contributed by atoms with Gasteiger partial charge in [-0.3, -0.25) is 9.59 Å². The van der Waals surface area contributed by atoms with Crippen LogP contribution in [0.25, 0.3) is 0 Å². The molecule has 1 unspecified atom stereocenters. The lowest BCUT2D eigenvalue weighted by Gasteiger charge is -2.33. The molecule has 1 aliphatic rings. The van der Waals surface area contributed by atoms with E-state index >= 15 is 0 Å². The van der Waals surface area contributed by atoms with Crippen molar-refractivity contribution in [2.45, 2.75) is 89.8 Å². The number of carbonyl (C=O) groups is 2. The summed E-state index contributed by atoms with van der Waals surface area (Å²) in [4.78, 5) is 29.5. The fourth-order valence-corrected chi connectivity index (χ4v) is 5.34. The Labute approximate surface area is 228 Å². The van der Waals surface area contributed by atoms with Crippen molar-refractivity contribution < 1.29 is 9.59 Å². The van der Waals surface area contributed by atoms with E-state index in [4.69, 9.17) is 0 Å². The molecule has 1 aliphatic carbocycles. The minimum Gasteiger partial charge on any atom is -0.352 e. The SMILES string of the molecule is CC(C)c1ccc(CCC(=O)N(Cc2ccccc2)C(Cc2ccccc2)C(=O)NC2CCCCC2)cc1. The molecule has 3 aromatic carbocycles. The number of nitrogens with zero attached hydrogens (tertiary/aromatic N) is 1. The summed E-state index contributed by atoms with van der Waals surface area (Å²) in [6.45, 7) is 4.79. The van der Waals surface area contributed by atoms with E-state index in [0.29, 0.717) is 31.7 Å². The van der Waals surface area contributed by atoms with Crippen molar-refractivity contribution in [1.82, 2.24) is 10.2 Å². The van der Waals surface area contributed by atoms with Crippen LogP contribution in [0.4, 0.5) is 0 Å². The van der Waals surface area contributed by atoms with Gasteiger partial charge >= 0.3 is 0 Å². The van der Waals surface area contributed by atoms with Gasteiger partial charge in [0.05, 0.1) is 0 Å². The lowest BCUT2D eigenvalue weighted by atomic mass is 9.94. The molecule has 4 rings (SSSR count). The van der Waals surface area contributed by atoms with Crippen molar-refractivity contribution in [2.75, 3.05) is 0 Å². The van der Waals surface area contributed by atoms with Crippen molar-refractivity contribution in [3.05, 3.63) is 107 Å². The van der Waals surface area contributed by atoms with Crippen LogP contribution in [0, 0.1) is 0 Å². The van der Waals surface area contributed by atoms with Crippen LogP contribution >= 0.6 is 0 Å². The van der Waals surface area contributed by atoms with Crippen molar-refractivity contribution in [3.63, 3.8) is 0 Å². The number of carbonyl (C=O) groups excluding carboxylic acids is 2. The number of hydrogen-bond acceptors (Lipinski definition) is 2. The van der Waals surface area contributed by atoms with Crippen LogP contribution in [0.1, 0.15) is 80.5 Å². The highest BCUT2D eigenvalue weighted by Crippen LogP contribution is 2.21. The predicted molar refractivity (Wildman–Crippen MR) is 155 cm³/mol. The van der Waals surface area contributed by atoms with Crippen LogP contribution in [0.15, 0.2) is 84.9 Å². The summed E-state index contributed by atoms with van der Waals surface area (Å²) in [5.41, 5.74) is 4.54. The first-order chi connectivity index (χ1) is 18.5. The monoisotopic (exact) mass is 510 g/mol. The van der Waals surface area contributed by atoms with Crippen LogP contribution in [0.5, 0.6) is 0 Å². The molecule has 3 aromatic rings. The van der Waals surface area contributed by atoms with Crippen LogP contribution in [0.3, 0.4) is 0 Å². The lowest BCUT2D eigenvalue weighted by molar-refractivity contribution is -0.141. The highest BCUT2D eigenvalue weighted by atomic mass is 16.2. The maximum absolute atomic E-state index is 13.9. The molecule has 0 aromatic heterocycles. The second-order valence-electron chi connectivity index (χ2n) is 11.0. The summed E-state index contributed by atoms with van der Waals surface area (Å²) in [6.07, 6.45) is 7.09. The average molecular weight is 511 g/mol. The van der Waals surface area contributed by atoms with E-state index in [9.17, 15) is 9.59 Å². The van der Waals surface area contributed by atoms with Crippen molar-refractivity contribution in [3.8, 4) is 0 Å². The van der Waals surface area contributed by atoms with Gasteiger partial charge in [-0.05, 0) is 47.4 Å². The molecule has 0 spiro atoms. The molecule has 0 aliphatic heterocycles. The number of aryl methyl sites for hydroxylation is 1. The molecule has 1 fully saturated rings.